The minimum atomic E-state index is -0.0227. The normalized spacial score (nSPS) is 10.5. The fourth-order valence-corrected chi connectivity index (χ4v) is 2.82. The Bertz CT molecular complexity index is 649. The Hall–Kier alpha value is -2.32. The average Bonchev–Trinajstić information content (AvgIpc) is 2.56. The van der Waals surface area contributed by atoms with Crippen LogP contribution in [0.1, 0.15) is 5.56 Å². The second kappa shape index (κ2) is 9.09. The summed E-state index contributed by atoms with van der Waals surface area (Å²) in [5.41, 5.74) is 12.3. The van der Waals surface area contributed by atoms with E-state index in [4.69, 9.17) is 16.2 Å². The Morgan fingerprint density at radius 1 is 1.21 bits per heavy atom. The van der Waals surface area contributed by atoms with Gasteiger partial charge in [0.2, 0.25) is 5.91 Å². The van der Waals surface area contributed by atoms with E-state index in [9.17, 15) is 4.79 Å². The molecule has 0 fully saturated rings. The number of carbonyl (C=O) groups is 1. The predicted molar refractivity (Wildman–Crippen MR) is 95.3 cm³/mol. The molecule has 128 valence electrons. The third-order valence-corrected chi connectivity index (χ3v) is 4.04. The van der Waals surface area contributed by atoms with Gasteiger partial charge < -0.3 is 21.1 Å². The molecule has 0 saturated carbocycles. The molecule has 1 aromatic heterocycles. The molecule has 0 radical (unpaired) electrons. The lowest BCUT2D eigenvalue weighted by atomic mass is 10.2. The van der Waals surface area contributed by atoms with E-state index in [0.29, 0.717) is 24.9 Å². The number of aromatic nitrogens is 2. The molecule has 24 heavy (non-hydrogen) atoms. The van der Waals surface area contributed by atoms with Crippen molar-refractivity contribution in [2.45, 2.75) is 11.7 Å². The van der Waals surface area contributed by atoms with Gasteiger partial charge in [-0.15, -0.1) is 0 Å². The van der Waals surface area contributed by atoms with E-state index >= 15 is 0 Å². The van der Waals surface area contributed by atoms with Crippen molar-refractivity contribution in [3.63, 3.8) is 0 Å². The van der Waals surface area contributed by atoms with Gasteiger partial charge in [0.1, 0.15) is 11.6 Å². The van der Waals surface area contributed by atoms with Gasteiger partial charge in [-0.2, -0.15) is 0 Å². The van der Waals surface area contributed by atoms with Crippen LogP contribution < -0.4 is 11.5 Å². The number of amides is 1. The number of ether oxygens (including phenoxy) is 1. The molecule has 1 heterocycles. The summed E-state index contributed by atoms with van der Waals surface area (Å²) in [5, 5.41) is 0.396. The molecule has 0 aliphatic heterocycles. The molecule has 0 unspecified atom stereocenters. The van der Waals surface area contributed by atoms with Crippen LogP contribution in [0.2, 0.25) is 0 Å². The van der Waals surface area contributed by atoms with Gasteiger partial charge in [0.15, 0.2) is 5.16 Å². The van der Waals surface area contributed by atoms with Gasteiger partial charge in [0.05, 0.1) is 12.4 Å². The summed E-state index contributed by atoms with van der Waals surface area (Å²) in [6.45, 7) is 1.53. The minimum Gasteiger partial charge on any atom is -0.383 e. The SMILES string of the molecule is COCCN(Cc1ccccc1)C(=O)CSc1nc(N)cc(N)n1. The highest BCUT2D eigenvalue weighted by molar-refractivity contribution is 7.99. The van der Waals surface area contributed by atoms with Crippen LogP contribution in [0.3, 0.4) is 0 Å². The smallest absolute Gasteiger partial charge is 0.233 e. The fraction of sp³-hybridized carbons (Fsp3) is 0.312. The zero-order chi connectivity index (χ0) is 17.4. The number of carbonyl (C=O) groups excluding carboxylic acids is 1. The van der Waals surface area contributed by atoms with Crippen LogP contribution in [0.15, 0.2) is 41.6 Å². The summed E-state index contributed by atoms with van der Waals surface area (Å²) in [5.74, 6) is 0.765. The van der Waals surface area contributed by atoms with Crippen LogP contribution in [0.25, 0.3) is 0 Å². The number of hydrogen-bond donors (Lipinski definition) is 2. The van der Waals surface area contributed by atoms with E-state index in [1.165, 1.54) is 17.8 Å². The fourth-order valence-electron chi connectivity index (χ4n) is 2.04. The van der Waals surface area contributed by atoms with Crippen LogP contribution in [0.5, 0.6) is 0 Å². The Labute approximate surface area is 145 Å². The zero-order valence-electron chi connectivity index (χ0n) is 13.5. The maximum Gasteiger partial charge on any atom is 0.233 e. The quantitative estimate of drug-likeness (QED) is 0.549. The Balaban J connectivity index is 1.98. The van der Waals surface area contributed by atoms with Crippen LogP contribution in [-0.2, 0) is 16.1 Å². The van der Waals surface area contributed by atoms with Crippen molar-refractivity contribution in [1.29, 1.82) is 0 Å². The monoisotopic (exact) mass is 347 g/mol. The molecule has 4 N–H and O–H groups in total. The highest BCUT2D eigenvalue weighted by Gasteiger charge is 2.15. The van der Waals surface area contributed by atoms with E-state index in [1.807, 2.05) is 30.3 Å². The number of anilines is 2. The van der Waals surface area contributed by atoms with E-state index in [-0.39, 0.29) is 23.3 Å². The summed E-state index contributed by atoms with van der Waals surface area (Å²) in [6.07, 6.45) is 0. The van der Waals surface area contributed by atoms with Crippen molar-refractivity contribution in [2.75, 3.05) is 37.5 Å². The number of thioether (sulfide) groups is 1. The molecule has 1 amide bonds. The highest BCUT2D eigenvalue weighted by atomic mass is 32.2. The summed E-state index contributed by atoms with van der Waals surface area (Å²) in [7, 11) is 1.61. The second-order valence-corrected chi connectivity index (χ2v) is 6.03. The Morgan fingerprint density at radius 2 is 1.88 bits per heavy atom. The first-order valence-electron chi connectivity index (χ1n) is 7.42. The van der Waals surface area contributed by atoms with Crippen molar-refractivity contribution in [2.24, 2.45) is 0 Å². The lowest BCUT2D eigenvalue weighted by Crippen LogP contribution is -2.34. The molecular weight excluding hydrogens is 326 g/mol. The van der Waals surface area contributed by atoms with Crippen molar-refractivity contribution in [1.82, 2.24) is 14.9 Å². The van der Waals surface area contributed by atoms with Gasteiger partial charge in [-0.3, -0.25) is 4.79 Å². The number of nitrogens with zero attached hydrogens (tertiary/aromatic N) is 3. The van der Waals surface area contributed by atoms with E-state index in [1.54, 1.807) is 12.0 Å². The number of nitrogen functional groups attached to an aromatic ring is 2. The molecule has 2 rings (SSSR count). The predicted octanol–water partition coefficient (Wildman–Crippen LogP) is 1.41. The molecule has 0 bridgehead atoms. The lowest BCUT2D eigenvalue weighted by molar-refractivity contribution is -0.129. The minimum absolute atomic E-state index is 0.0227. The lowest BCUT2D eigenvalue weighted by Gasteiger charge is -2.22. The van der Waals surface area contributed by atoms with Gasteiger partial charge in [-0.25, -0.2) is 9.97 Å². The number of rotatable bonds is 8. The average molecular weight is 347 g/mol. The standard InChI is InChI=1S/C16H21N5O2S/c1-23-8-7-21(10-12-5-3-2-4-6-12)15(22)11-24-16-19-13(17)9-14(18)20-16/h2-6,9H,7-8,10-11H2,1H3,(H4,17,18,19,20). The third kappa shape index (κ3) is 5.71. The van der Waals surface area contributed by atoms with Crippen LogP contribution in [0, 0.1) is 0 Å². The van der Waals surface area contributed by atoms with Gasteiger partial charge in [-0.1, -0.05) is 42.1 Å². The van der Waals surface area contributed by atoms with Crippen LogP contribution >= 0.6 is 11.8 Å². The summed E-state index contributed by atoms with van der Waals surface area (Å²) >= 11 is 1.21. The first kappa shape index (κ1) is 18.0. The molecule has 1 aromatic carbocycles. The molecule has 0 aliphatic rings. The van der Waals surface area contributed by atoms with Gasteiger partial charge in [0.25, 0.3) is 0 Å². The van der Waals surface area contributed by atoms with Crippen molar-refractivity contribution in [3.8, 4) is 0 Å². The summed E-state index contributed by atoms with van der Waals surface area (Å²) in [6, 6.07) is 11.3. The molecule has 2 aromatic rings. The molecule has 0 saturated heterocycles. The van der Waals surface area contributed by atoms with Gasteiger partial charge in [-0.05, 0) is 5.56 Å². The van der Waals surface area contributed by atoms with E-state index in [2.05, 4.69) is 9.97 Å². The number of hydrogen-bond acceptors (Lipinski definition) is 7. The van der Waals surface area contributed by atoms with Gasteiger partial charge >= 0.3 is 0 Å². The summed E-state index contributed by atoms with van der Waals surface area (Å²) < 4.78 is 5.10. The first-order valence-corrected chi connectivity index (χ1v) is 8.40. The summed E-state index contributed by atoms with van der Waals surface area (Å²) in [4.78, 5) is 22.4. The molecular formula is C16H21N5O2S. The Kier molecular flexibility index (Phi) is 6.83. The Morgan fingerprint density at radius 3 is 2.50 bits per heavy atom. The van der Waals surface area contributed by atoms with Crippen molar-refractivity contribution in [3.05, 3.63) is 42.0 Å². The van der Waals surface area contributed by atoms with Crippen LogP contribution in [0.4, 0.5) is 11.6 Å². The largest absolute Gasteiger partial charge is 0.383 e. The maximum atomic E-state index is 12.5. The molecule has 0 spiro atoms. The second-order valence-electron chi connectivity index (χ2n) is 5.08. The molecule has 0 atom stereocenters. The molecule has 0 aliphatic carbocycles. The van der Waals surface area contributed by atoms with E-state index in [0.717, 1.165) is 5.56 Å². The molecule has 8 heteroatoms. The number of methoxy groups -OCH3 is 1. The topological polar surface area (TPSA) is 107 Å². The zero-order valence-corrected chi connectivity index (χ0v) is 14.3. The van der Waals surface area contributed by atoms with Crippen molar-refractivity contribution >= 4 is 29.3 Å². The van der Waals surface area contributed by atoms with Gasteiger partial charge in [0, 0.05) is 26.3 Å². The van der Waals surface area contributed by atoms with Crippen LogP contribution in [-0.4, -0.2) is 46.8 Å². The number of benzene rings is 1. The third-order valence-electron chi connectivity index (χ3n) is 3.20. The molecule has 7 nitrogen and oxygen atoms in total. The highest BCUT2D eigenvalue weighted by Crippen LogP contribution is 2.17. The maximum absolute atomic E-state index is 12.5. The first-order chi connectivity index (χ1) is 11.6. The van der Waals surface area contributed by atoms with E-state index < -0.39 is 0 Å². The number of nitrogens with two attached hydrogens (primary N) is 2. The van der Waals surface area contributed by atoms with Crippen molar-refractivity contribution < 1.29 is 9.53 Å².